The predicted octanol–water partition coefficient (Wildman–Crippen LogP) is 2.52. The van der Waals surface area contributed by atoms with Crippen LogP contribution in [0.3, 0.4) is 0 Å². The molecule has 0 bridgehead atoms. The third-order valence-electron chi connectivity index (χ3n) is 5.58. The van der Waals surface area contributed by atoms with Crippen molar-refractivity contribution in [3.05, 3.63) is 23.3 Å². The van der Waals surface area contributed by atoms with Gasteiger partial charge in [-0.2, -0.15) is 5.26 Å². The van der Waals surface area contributed by atoms with Crippen LogP contribution in [0.2, 0.25) is 0 Å². The van der Waals surface area contributed by atoms with Crippen LogP contribution in [0.15, 0.2) is 23.3 Å². The lowest BCUT2D eigenvalue weighted by atomic mass is 9.58. The van der Waals surface area contributed by atoms with Crippen LogP contribution in [-0.2, 0) is 9.59 Å². The van der Waals surface area contributed by atoms with E-state index in [9.17, 15) is 9.59 Å². The molecule has 1 fully saturated rings. The molecule has 2 aliphatic carbocycles. The summed E-state index contributed by atoms with van der Waals surface area (Å²) in [6.45, 7) is 2.67. The van der Waals surface area contributed by atoms with Crippen LogP contribution < -0.4 is 5.32 Å². The summed E-state index contributed by atoms with van der Waals surface area (Å²) in [5.74, 6) is 1.07. The summed E-state index contributed by atoms with van der Waals surface area (Å²) >= 11 is 0. The van der Waals surface area contributed by atoms with E-state index in [0.29, 0.717) is 24.8 Å². The Morgan fingerprint density at radius 3 is 2.91 bits per heavy atom. The highest BCUT2D eigenvalue weighted by atomic mass is 16.1. The molecule has 4 atom stereocenters. The summed E-state index contributed by atoms with van der Waals surface area (Å²) in [4.78, 5) is 24.3. The molecule has 0 aromatic rings. The van der Waals surface area contributed by atoms with E-state index in [1.54, 1.807) is 12.2 Å². The molecule has 4 heteroatoms. The molecule has 116 valence electrons. The molecule has 0 saturated heterocycles. The zero-order valence-electron chi connectivity index (χ0n) is 13.0. The van der Waals surface area contributed by atoms with Crippen molar-refractivity contribution >= 4 is 11.7 Å². The topological polar surface area (TPSA) is 70.0 Å². The van der Waals surface area contributed by atoms with Gasteiger partial charge in [-0.05, 0) is 56.4 Å². The second-order valence-corrected chi connectivity index (χ2v) is 6.73. The summed E-state index contributed by atoms with van der Waals surface area (Å²) in [6.07, 6.45) is 7.61. The van der Waals surface area contributed by atoms with E-state index in [-0.39, 0.29) is 23.5 Å². The second-order valence-electron chi connectivity index (χ2n) is 6.73. The smallest absolute Gasteiger partial charge is 0.243 e. The molecule has 0 aromatic heterocycles. The number of carbonyl (C=O) groups excluding carboxylic acids is 2. The van der Waals surface area contributed by atoms with Crippen LogP contribution in [0.1, 0.15) is 39.0 Å². The maximum absolute atomic E-state index is 12.6. The first-order valence-electron chi connectivity index (χ1n) is 8.19. The molecule has 3 unspecified atom stereocenters. The molecular formula is C18H22N2O2. The first kappa shape index (κ1) is 15.0. The van der Waals surface area contributed by atoms with Crippen molar-refractivity contribution in [3.63, 3.8) is 0 Å². The molecule has 1 heterocycles. The highest BCUT2D eigenvalue weighted by Gasteiger charge is 2.46. The van der Waals surface area contributed by atoms with Gasteiger partial charge in [0.1, 0.15) is 0 Å². The maximum atomic E-state index is 12.6. The Bertz CT molecular complexity index is 597. The van der Waals surface area contributed by atoms with Crippen LogP contribution in [0.25, 0.3) is 0 Å². The number of ketones is 1. The van der Waals surface area contributed by atoms with Crippen LogP contribution in [0.4, 0.5) is 0 Å². The molecular weight excluding hydrogens is 276 g/mol. The van der Waals surface area contributed by atoms with E-state index in [4.69, 9.17) is 5.26 Å². The highest BCUT2D eigenvalue weighted by molar-refractivity contribution is 5.95. The first-order valence-corrected chi connectivity index (χ1v) is 8.19. The highest BCUT2D eigenvalue weighted by Crippen LogP contribution is 2.49. The van der Waals surface area contributed by atoms with E-state index in [1.807, 2.05) is 6.92 Å². The van der Waals surface area contributed by atoms with Crippen molar-refractivity contribution in [1.29, 1.82) is 5.26 Å². The Labute approximate surface area is 131 Å². The number of nitrogens with zero attached hydrogens (tertiary/aromatic N) is 1. The van der Waals surface area contributed by atoms with Gasteiger partial charge in [-0.25, -0.2) is 0 Å². The summed E-state index contributed by atoms with van der Waals surface area (Å²) < 4.78 is 0. The monoisotopic (exact) mass is 298 g/mol. The lowest BCUT2D eigenvalue weighted by molar-refractivity contribution is -0.124. The Morgan fingerprint density at radius 1 is 1.32 bits per heavy atom. The molecule has 0 spiro atoms. The summed E-state index contributed by atoms with van der Waals surface area (Å²) in [6, 6.07) is 2.24. The molecule has 0 aromatic carbocycles. The van der Waals surface area contributed by atoms with Crippen molar-refractivity contribution in [2.24, 2.45) is 23.7 Å². The van der Waals surface area contributed by atoms with Crippen molar-refractivity contribution < 1.29 is 9.59 Å². The third kappa shape index (κ3) is 2.61. The van der Waals surface area contributed by atoms with Gasteiger partial charge < -0.3 is 5.32 Å². The van der Waals surface area contributed by atoms with Crippen molar-refractivity contribution in [2.45, 2.75) is 39.0 Å². The zero-order valence-corrected chi connectivity index (χ0v) is 13.0. The minimum atomic E-state index is -0.0213. The van der Waals surface area contributed by atoms with Crippen LogP contribution >= 0.6 is 0 Å². The van der Waals surface area contributed by atoms with E-state index in [1.165, 1.54) is 0 Å². The van der Waals surface area contributed by atoms with Gasteiger partial charge in [-0.15, -0.1) is 0 Å². The molecule has 0 radical (unpaired) electrons. The minimum Gasteiger partial charge on any atom is -0.353 e. The van der Waals surface area contributed by atoms with Gasteiger partial charge in [0.2, 0.25) is 5.91 Å². The second kappa shape index (κ2) is 6.08. The average molecular weight is 298 g/mol. The zero-order chi connectivity index (χ0) is 15.7. The average Bonchev–Trinajstić information content (AvgIpc) is 2.67. The fourth-order valence-electron chi connectivity index (χ4n) is 4.63. The van der Waals surface area contributed by atoms with E-state index < -0.39 is 0 Å². The van der Waals surface area contributed by atoms with Gasteiger partial charge in [0.15, 0.2) is 5.78 Å². The molecule has 1 N–H and O–H groups in total. The number of nitriles is 1. The lowest BCUT2D eigenvalue weighted by Crippen LogP contribution is -2.42. The molecule has 3 rings (SSSR count). The maximum Gasteiger partial charge on any atom is 0.243 e. The molecule has 1 amide bonds. The van der Waals surface area contributed by atoms with Gasteiger partial charge in [-0.1, -0.05) is 11.1 Å². The Morgan fingerprint density at radius 2 is 2.14 bits per heavy atom. The summed E-state index contributed by atoms with van der Waals surface area (Å²) in [7, 11) is 0. The number of hydrogen-bond acceptors (Lipinski definition) is 3. The van der Waals surface area contributed by atoms with Gasteiger partial charge >= 0.3 is 0 Å². The first-order chi connectivity index (χ1) is 10.6. The Kier molecular flexibility index (Phi) is 4.15. The third-order valence-corrected chi connectivity index (χ3v) is 5.58. The molecule has 1 saturated carbocycles. The van der Waals surface area contributed by atoms with Crippen molar-refractivity contribution in [3.8, 4) is 6.07 Å². The largest absolute Gasteiger partial charge is 0.353 e. The predicted molar refractivity (Wildman–Crippen MR) is 82.5 cm³/mol. The number of carbonyl (C=O) groups is 2. The Balaban J connectivity index is 1.92. The lowest BCUT2D eigenvalue weighted by Gasteiger charge is -2.45. The number of fused-ring (bicyclic) bond motifs is 3. The summed E-state index contributed by atoms with van der Waals surface area (Å²) in [5.41, 5.74) is 2.29. The van der Waals surface area contributed by atoms with Crippen LogP contribution in [0, 0.1) is 35.0 Å². The number of allylic oxidation sites excluding steroid dienone is 3. The number of rotatable bonds is 2. The number of nitrogens with one attached hydrogen (secondary N) is 1. The van der Waals surface area contributed by atoms with Crippen molar-refractivity contribution in [2.75, 3.05) is 6.54 Å². The van der Waals surface area contributed by atoms with E-state index >= 15 is 0 Å². The van der Waals surface area contributed by atoms with Gasteiger partial charge in [0.25, 0.3) is 0 Å². The fraction of sp³-hybridized carbons (Fsp3) is 0.611. The van der Waals surface area contributed by atoms with Crippen molar-refractivity contribution in [1.82, 2.24) is 5.32 Å². The number of hydrogen-bond donors (Lipinski definition) is 1. The fourth-order valence-corrected chi connectivity index (χ4v) is 4.63. The van der Waals surface area contributed by atoms with Crippen LogP contribution in [0.5, 0.6) is 0 Å². The quantitative estimate of drug-likeness (QED) is 0.851. The molecule has 4 nitrogen and oxygen atoms in total. The summed E-state index contributed by atoms with van der Waals surface area (Å²) in [5, 5.41) is 11.8. The SMILES string of the molecule is CC1=CC(=O)C2C3CCNC(=O)C=C3CCC2[C@@H]1CCC#N. The van der Waals surface area contributed by atoms with Gasteiger partial charge in [-0.3, -0.25) is 9.59 Å². The normalized spacial score (nSPS) is 34.4. The standard InChI is InChI=1S/C18H22N2O2/c1-11-9-16(21)18-14-6-8-20-17(22)10-12(14)4-5-15(18)13(11)3-2-7-19/h9-10,13-15,18H,2-6,8H2,1H3,(H,20,22)/t13-,14?,15?,18?/m1/s1. The van der Waals surface area contributed by atoms with Crippen LogP contribution in [-0.4, -0.2) is 18.2 Å². The molecule has 22 heavy (non-hydrogen) atoms. The molecule has 3 aliphatic rings. The molecule has 1 aliphatic heterocycles. The van der Waals surface area contributed by atoms with Gasteiger partial charge in [0.05, 0.1) is 6.07 Å². The van der Waals surface area contributed by atoms with E-state index in [0.717, 1.165) is 36.8 Å². The van der Waals surface area contributed by atoms with Gasteiger partial charge in [0, 0.05) is 25.0 Å². The Hall–Kier alpha value is -1.89. The van der Waals surface area contributed by atoms with E-state index in [2.05, 4.69) is 11.4 Å². The minimum absolute atomic E-state index is 0.0000860. The number of amides is 1.